The van der Waals surface area contributed by atoms with Crippen molar-refractivity contribution in [3.05, 3.63) is 27.6 Å². The normalized spacial score (nSPS) is 16.2. The summed E-state index contributed by atoms with van der Waals surface area (Å²) in [4.78, 5) is 36.4. The average Bonchev–Trinajstić information content (AvgIpc) is 2.98. The molecular weight excluding hydrogens is 500 g/mol. The van der Waals surface area contributed by atoms with Crippen molar-refractivity contribution in [3.63, 3.8) is 0 Å². The predicted molar refractivity (Wildman–Crippen MR) is 110 cm³/mol. The third kappa shape index (κ3) is 7.55. The van der Waals surface area contributed by atoms with Gasteiger partial charge in [-0.15, -0.1) is 0 Å². The zero-order chi connectivity index (χ0) is 21.6. The first-order chi connectivity index (χ1) is 13.5. The van der Waals surface area contributed by atoms with Crippen molar-refractivity contribution in [3.8, 4) is 0 Å². The Bertz CT molecular complexity index is 770. The van der Waals surface area contributed by atoms with Crippen LogP contribution in [0.1, 0.15) is 20.8 Å². The summed E-state index contributed by atoms with van der Waals surface area (Å²) in [6, 6.07) is 4.44. The Morgan fingerprint density at radius 1 is 1.31 bits per heavy atom. The summed E-state index contributed by atoms with van der Waals surface area (Å²) in [6.45, 7) is 5.46. The van der Waals surface area contributed by atoms with E-state index in [1.165, 1.54) is 11.0 Å². The number of anilines is 1. The van der Waals surface area contributed by atoms with E-state index in [1.54, 1.807) is 32.9 Å². The predicted octanol–water partition coefficient (Wildman–Crippen LogP) is 3.01. The minimum absolute atomic E-state index is 0.0351. The van der Waals surface area contributed by atoms with Crippen LogP contribution in [0.15, 0.2) is 18.2 Å². The largest absolute Gasteiger partial charge is 0.448 e. The van der Waals surface area contributed by atoms with Crippen LogP contribution in [0, 0.1) is 9.39 Å². The molecule has 1 heterocycles. The maximum absolute atomic E-state index is 13.7. The lowest BCUT2D eigenvalue weighted by atomic mass is 10.2. The number of nitrogens with zero attached hydrogens (tertiary/aromatic N) is 1. The number of rotatable bonds is 6. The Morgan fingerprint density at radius 3 is 2.69 bits per heavy atom. The number of hydrogen-bond acceptors (Lipinski definition) is 6. The van der Waals surface area contributed by atoms with Crippen molar-refractivity contribution >= 4 is 46.6 Å². The quantitative estimate of drug-likeness (QED) is 0.338. The summed E-state index contributed by atoms with van der Waals surface area (Å²) in [5, 5.41) is 4.94. The van der Waals surface area contributed by atoms with Gasteiger partial charge < -0.3 is 24.8 Å². The van der Waals surface area contributed by atoms with Crippen LogP contribution in [0.4, 0.5) is 24.5 Å². The van der Waals surface area contributed by atoms with Gasteiger partial charge >= 0.3 is 18.3 Å². The lowest BCUT2D eigenvalue weighted by Gasteiger charge is -2.19. The van der Waals surface area contributed by atoms with Gasteiger partial charge in [-0.25, -0.2) is 18.8 Å². The van der Waals surface area contributed by atoms with Crippen molar-refractivity contribution in [2.75, 3.05) is 31.1 Å². The summed E-state index contributed by atoms with van der Waals surface area (Å²) in [7, 11) is 0. The SMILES string of the molecule is CC(C)(C)OC(=O)NCCOC(=O)NC[C@H]1CN(c2ccc(I)c(F)c2)C(=O)O1. The first-order valence-corrected chi connectivity index (χ1v) is 9.94. The number of cyclic esters (lactones) is 1. The highest BCUT2D eigenvalue weighted by molar-refractivity contribution is 14.1. The fraction of sp³-hybridized carbons (Fsp3) is 0.500. The topological polar surface area (TPSA) is 106 Å². The van der Waals surface area contributed by atoms with Gasteiger partial charge in [0, 0.05) is 3.57 Å². The molecule has 0 radical (unpaired) electrons. The number of carbonyl (C=O) groups is 3. The number of alkyl carbamates (subject to hydrolysis) is 2. The molecule has 1 fully saturated rings. The number of halogens is 2. The number of carbonyl (C=O) groups excluding carboxylic acids is 3. The molecule has 0 aromatic heterocycles. The van der Waals surface area contributed by atoms with E-state index >= 15 is 0 Å². The first-order valence-electron chi connectivity index (χ1n) is 8.86. The smallest absolute Gasteiger partial charge is 0.414 e. The summed E-state index contributed by atoms with van der Waals surface area (Å²) in [5.41, 5.74) is -0.231. The molecule has 160 valence electrons. The van der Waals surface area contributed by atoms with Crippen molar-refractivity contribution in [1.82, 2.24) is 10.6 Å². The van der Waals surface area contributed by atoms with Gasteiger partial charge in [0.05, 0.1) is 25.3 Å². The lowest BCUT2D eigenvalue weighted by Crippen LogP contribution is -2.37. The number of amides is 3. The number of hydrogen-bond donors (Lipinski definition) is 2. The van der Waals surface area contributed by atoms with Gasteiger partial charge in [-0.3, -0.25) is 4.90 Å². The summed E-state index contributed by atoms with van der Waals surface area (Å²) >= 11 is 1.86. The maximum atomic E-state index is 13.7. The molecule has 0 saturated carbocycles. The van der Waals surface area contributed by atoms with E-state index in [-0.39, 0.29) is 26.2 Å². The molecule has 0 unspecified atom stereocenters. The van der Waals surface area contributed by atoms with Crippen LogP contribution in [-0.2, 0) is 14.2 Å². The van der Waals surface area contributed by atoms with Gasteiger partial charge in [-0.2, -0.15) is 0 Å². The van der Waals surface area contributed by atoms with Gasteiger partial charge in [0.1, 0.15) is 24.1 Å². The highest BCUT2D eigenvalue weighted by Gasteiger charge is 2.33. The summed E-state index contributed by atoms with van der Waals surface area (Å²) in [6.07, 6.45) is -2.54. The molecular formula is C18H23FIN3O6. The summed E-state index contributed by atoms with van der Waals surface area (Å²) in [5.74, 6) is -0.430. The number of benzene rings is 1. The molecule has 2 N–H and O–H groups in total. The van der Waals surface area contributed by atoms with Crippen molar-refractivity contribution in [1.29, 1.82) is 0 Å². The number of ether oxygens (including phenoxy) is 3. The fourth-order valence-electron chi connectivity index (χ4n) is 2.35. The molecule has 2 rings (SSSR count). The minimum atomic E-state index is -0.717. The van der Waals surface area contributed by atoms with Crippen molar-refractivity contribution in [2.24, 2.45) is 0 Å². The third-order valence-electron chi connectivity index (χ3n) is 3.57. The van der Waals surface area contributed by atoms with Crippen LogP contribution in [0.3, 0.4) is 0 Å². The molecule has 29 heavy (non-hydrogen) atoms. The Labute approximate surface area is 181 Å². The molecule has 1 atom stereocenters. The van der Waals surface area contributed by atoms with E-state index in [0.717, 1.165) is 0 Å². The molecule has 1 aliphatic heterocycles. The average molecular weight is 523 g/mol. The molecule has 1 aliphatic rings. The lowest BCUT2D eigenvalue weighted by molar-refractivity contribution is 0.0511. The van der Waals surface area contributed by atoms with Crippen LogP contribution in [0.2, 0.25) is 0 Å². The van der Waals surface area contributed by atoms with Crippen molar-refractivity contribution in [2.45, 2.75) is 32.5 Å². The second-order valence-electron chi connectivity index (χ2n) is 7.16. The third-order valence-corrected chi connectivity index (χ3v) is 4.44. The molecule has 1 saturated heterocycles. The first kappa shape index (κ1) is 23.0. The molecule has 11 heteroatoms. The maximum Gasteiger partial charge on any atom is 0.414 e. The van der Waals surface area contributed by atoms with E-state index < -0.39 is 35.8 Å². The molecule has 0 spiro atoms. The van der Waals surface area contributed by atoms with E-state index in [2.05, 4.69) is 10.6 Å². The van der Waals surface area contributed by atoms with Crippen LogP contribution in [0.5, 0.6) is 0 Å². The highest BCUT2D eigenvalue weighted by atomic mass is 127. The zero-order valence-electron chi connectivity index (χ0n) is 16.3. The second kappa shape index (κ2) is 9.94. The molecule has 0 aliphatic carbocycles. The van der Waals surface area contributed by atoms with E-state index in [9.17, 15) is 18.8 Å². The number of nitrogens with one attached hydrogen (secondary N) is 2. The Morgan fingerprint density at radius 2 is 2.03 bits per heavy atom. The fourth-order valence-corrected chi connectivity index (χ4v) is 2.69. The van der Waals surface area contributed by atoms with Gasteiger partial charge in [0.2, 0.25) is 0 Å². The van der Waals surface area contributed by atoms with E-state index in [1.807, 2.05) is 22.6 Å². The van der Waals surface area contributed by atoms with Gasteiger partial charge in [0.25, 0.3) is 0 Å². The molecule has 1 aromatic carbocycles. The van der Waals surface area contributed by atoms with Crippen LogP contribution >= 0.6 is 22.6 Å². The van der Waals surface area contributed by atoms with Gasteiger partial charge in [-0.1, -0.05) is 0 Å². The Kier molecular flexibility index (Phi) is 7.88. The summed E-state index contributed by atoms with van der Waals surface area (Å²) < 4.78 is 29.3. The van der Waals surface area contributed by atoms with E-state index in [0.29, 0.717) is 9.26 Å². The van der Waals surface area contributed by atoms with Crippen LogP contribution < -0.4 is 15.5 Å². The van der Waals surface area contributed by atoms with Gasteiger partial charge in [0.15, 0.2) is 0 Å². The molecule has 3 amide bonds. The highest BCUT2D eigenvalue weighted by Crippen LogP contribution is 2.24. The zero-order valence-corrected chi connectivity index (χ0v) is 18.4. The standard InChI is InChI=1S/C18H23FIN3O6/c1-18(2,3)29-16(25)21-6-7-27-15(24)22-9-12-10-23(17(26)28-12)11-4-5-14(20)13(19)8-11/h4-5,8,12H,6-7,9-10H2,1-3H3,(H,21,25)(H,22,24)/t12-/m0/s1. The Hall–Kier alpha value is -2.31. The van der Waals surface area contributed by atoms with Crippen LogP contribution in [0.25, 0.3) is 0 Å². The minimum Gasteiger partial charge on any atom is -0.448 e. The van der Waals surface area contributed by atoms with Gasteiger partial charge in [-0.05, 0) is 61.6 Å². The monoisotopic (exact) mass is 523 g/mol. The van der Waals surface area contributed by atoms with E-state index in [4.69, 9.17) is 14.2 Å². The second-order valence-corrected chi connectivity index (χ2v) is 8.32. The Balaban J connectivity index is 1.68. The molecule has 9 nitrogen and oxygen atoms in total. The van der Waals surface area contributed by atoms with Crippen molar-refractivity contribution < 1.29 is 33.0 Å². The molecule has 1 aromatic rings. The van der Waals surface area contributed by atoms with Crippen LogP contribution in [-0.4, -0.2) is 56.2 Å². The molecule has 0 bridgehead atoms.